The number of piperidine rings is 2. The van der Waals surface area contributed by atoms with Gasteiger partial charge in [-0.2, -0.15) is 0 Å². The average molecular weight is 254 g/mol. The van der Waals surface area contributed by atoms with Crippen LogP contribution in [-0.2, 0) is 9.53 Å². The van der Waals surface area contributed by atoms with Crippen molar-refractivity contribution in [1.82, 2.24) is 10.2 Å². The molecule has 1 N–H and O–H groups in total. The second kappa shape index (κ2) is 6.02. The molecule has 2 rings (SSSR count). The minimum Gasteiger partial charge on any atom is -0.469 e. The van der Waals surface area contributed by atoms with Crippen LogP contribution in [0.3, 0.4) is 0 Å². The molecular weight excluding hydrogens is 228 g/mol. The summed E-state index contributed by atoms with van der Waals surface area (Å²) < 4.78 is 4.77. The summed E-state index contributed by atoms with van der Waals surface area (Å²) in [6, 6.07) is 0.302. The predicted molar refractivity (Wildman–Crippen MR) is 71.4 cm³/mol. The lowest BCUT2D eigenvalue weighted by molar-refractivity contribution is -0.142. The number of likely N-dealkylation sites (tertiary alicyclic amines) is 1. The number of nitrogens with zero attached hydrogens (tertiary/aromatic N) is 1. The number of rotatable bonds is 3. The van der Waals surface area contributed by atoms with Gasteiger partial charge >= 0.3 is 5.97 Å². The van der Waals surface area contributed by atoms with Gasteiger partial charge in [0.2, 0.25) is 0 Å². The van der Waals surface area contributed by atoms with Gasteiger partial charge in [-0.3, -0.25) is 9.69 Å². The number of ether oxygens (including phenoxy) is 1. The lowest BCUT2D eigenvalue weighted by atomic mass is 9.74. The van der Waals surface area contributed by atoms with Gasteiger partial charge in [0, 0.05) is 19.1 Å². The molecule has 2 atom stereocenters. The Morgan fingerprint density at radius 3 is 2.89 bits per heavy atom. The van der Waals surface area contributed by atoms with E-state index in [1.165, 1.54) is 39.3 Å². The molecule has 0 bridgehead atoms. The molecule has 0 amide bonds. The third-order valence-electron chi connectivity index (χ3n) is 4.56. The molecule has 18 heavy (non-hydrogen) atoms. The molecule has 0 saturated carbocycles. The van der Waals surface area contributed by atoms with E-state index in [1.807, 2.05) is 0 Å². The fourth-order valence-corrected chi connectivity index (χ4v) is 3.45. The Labute approximate surface area is 110 Å². The Hall–Kier alpha value is -0.610. The van der Waals surface area contributed by atoms with Gasteiger partial charge in [0.15, 0.2) is 0 Å². The highest BCUT2D eigenvalue weighted by molar-refractivity contribution is 5.69. The van der Waals surface area contributed by atoms with Gasteiger partial charge in [-0.05, 0) is 51.1 Å². The SMILES string of the molecule is COC(=O)CC(C)N1CCCC2(CCCNC2)C1. The molecule has 104 valence electrons. The molecule has 0 aromatic rings. The molecule has 2 aliphatic rings. The number of carbonyl (C=O) groups excluding carboxylic acids is 1. The van der Waals surface area contributed by atoms with Crippen LogP contribution in [0.4, 0.5) is 0 Å². The summed E-state index contributed by atoms with van der Waals surface area (Å²) in [7, 11) is 1.47. The zero-order valence-electron chi connectivity index (χ0n) is 11.7. The Morgan fingerprint density at radius 1 is 1.44 bits per heavy atom. The summed E-state index contributed by atoms with van der Waals surface area (Å²) in [5.41, 5.74) is 0.459. The highest BCUT2D eigenvalue weighted by Gasteiger charge is 2.37. The van der Waals surface area contributed by atoms with Crippen LogP contribution in [0.15, 0.2) is 0 Å². The van der Waals surface area contributed by atoms with Crippen molar-refractivity contribution in [3.8, 4) is 0 Å². The second-order valence-corrected chi connectivity index (χ2v) is 5.98. The van der Waals surface area contributed by atoms with Gasteiger partial charge in [-0.15, -0.1) is 0 Å². The lowest BCUT2D eigenvalue weighted by Gasteiger charge is -2.47. The first kappa shape index (κ1) is 13.8. The summed E-state index contributed by atoms with van der Waals surface area (Å²) >= 11 is 0. The first-order chi connectivity index (χ1) is 8.65. The molecule has 0 aromatic heterocycles. The number of methoxy groups -OCH3 is 1. The Morgan fingerprint density at radius 2 is 2.22 bits per heavy atom. The minimum absolute atomic E-state index is 0.0936. The highest BCUT2D eigenvalue weighted by atomic mass is 16.5. The summed E-state index contributed by atoms with van der Waals surface area (Å²) in [6.45, 7) is 6.72. The van der Waals surface area contributed by atoms with Crippen LogP contribution < -0.4 is 5.32 Å². The number of hydrogen-bond acceptors (Lipinski definition) is 4. The summed E-state index contributed by atoms with van der Waals surface area (Å²) in [6.07, 6.45) is 5.73. The van der Waals surface area contributed by atoms with Crippen LogP contribution in [0.1, 0.15) is 39.0 Å². The fraction of sp³-hybridized carbons (Fsp3) is 0.929. The molecule has 4 heteroatoms. The summed E-state index contributed by atoms with van der Waals surface area (Å²) in [4.78, 5) is 13.9. The van der Waals surface area contributed by atoms with E-state index in [-0.39, 0.29) is 5.97 Å². The average Bonchev–Trinajstić information content (AvgIpc) is 2.39. The van der Waals surface area contributed by atoms with E-state index < -0.39 is 0 Å². The summed E-state index contributed by atoms with van der Waals surface area (Å²) in [5, 5.41) is 3.54. The maximum absolute atomic E-state index is 11.4. The van der Waals surface area contributed by atoms with Crippen molar-refractivity contribution in [1.29, 1.82) is 0 Å². The van der Waals surface area contributed by atoms with Crippen molar-refractivity contribution in [3.05, 3.63) is 0 Å². The van der Waals surface area contributed by atoms with Gasteiger partial charge in [0.25, 0.3) is 0 Å². The van der Waals surface area contributed by atoms with E-state index in [0.29, 0.717) is 17.9 Å². The van der Waals surface area contributed by atoms with Crippen LogP contribution in [0.2, 0.25) is 0 Å². The first-order valence-electron chi connectivity index (χ1n) is 7.17. The highest BCUT2D eigenvalue weighted by Crippen LogP contribution is 2.36. The number of hydrogen-bond donors (Lipinski definition) is 1. The molecule has 2 unspecified atom stereocenters. The monoisotopic (exact) mass is 254 g/mol. The van der Waals surface area contributed by atoms with E-state index in [9.17, 15) is 4.79 Å². The van der Waals surface area contributed by atoms with Crippen molar-refractivity contribution < 1.29 is 9.53 Å². The maximum Gasteiger partial charge on any atom is 0.307 e. The first-order valence-corrected chi connectivity index (χ1v) is 7.17. The molecule has 2 aliphatic heterocycles. The van der Waals surface area contributed by atoms with Crippen molar-refractivity contribution in [2.75, 3.05) is 33.3 Å². The molecule has 0 radical (unpaired) electrons. The van der Waals surface area contributed by atoms with Crippen molar-refractivity contribution >= 4 is 5.97 Å². The number of nitrogens with one attached hydrogen (secondary N) is 1. The van der Waals surface area contributed by atoms with Crippen LogP contribution in [0.5, 0.6) is 0 Å². The van der Waals surface area contributed by atoms with Gasteiger partial charge < -0.3 is 10.1 Å². The van der Waals surface area contributed by atoms with Crippen molar-refractivity contribution in [3.63, 3.8) is 0 Å². The van der Waals surface area contributed by atoms with E-state index in [1.54, 1.807) is 0 Å². The zero-order chi connectivity index (χ0) is 13.0. The molecule has 0 aliphatic carbocycles. The van der Waals surface area contributed by atoms with Crippen molar-refractivity contribution in [2.45, 2.75) is 45.1 Å². The molecule has 2 saturated heterocycles. The van der Waals surface area contributed by atoms with Crippen molar-refractivity contribution in [2.24, 2.45) is 5.41 Å². The van der Waals surface area contributed by atoms with Gasteiger partial charge in [-0.25, -0.2) is 0 Å². The fourth-order valence-electron chi connectivity index (χ4n) is 3.45. The van der Waals surface area contributed by atoms with Gasteiger partial charge in [0.05, 0.1) is 13.5 Å². The topological polar surface area (TPSA) is 41.6 Å². The molecule has 0 aromatic carbocycles. The molecule has 4 nitrogen and oxygen atoms in total. The van der Waals surface area contributed by atoms with E-state index in [4.69, 9.17) is 4.74 Å². The van der Waals surface area contributed by atoms with Crippen LogP contribution in [0.25, 0.3) is 0 Å². The third-order valence-corrected chi connectivity index (χ3v) is 4.56. The number of carbonyl (C=O) groups is 1. The zero-order valence-corrected chi connectivity index (χ0v) is 11.7. The van der Waals surface area contributed by atoms with Crippen LogP contribution in [-0.4, -0.2) is 50.2 Å². The molecule has 2 heterocycles. The Balaban J connectivity index is 1.91. The van der Waals surface area contributed by atoms with Crippen LogP contribution in [0, 0.1) is 5.41 Å². The van der Waals surface area contributed by atoms with Crippen LogP contribution >= 0.6 is 0 Å². The maximum atomic E-state index is 11.4. The van der Waals surface area contributed by atoms with E-state index in [0.717, 1.165) is 19.6 Å². The standard InChI is InChI=1S/C14H26N2O2/c1-12(9-13(17)18-2)16-8-4-6-14(11-16)5-3-7-15-10-14/h12,15H,3-11H2,1-2H3. The van der Waals surface area contributed by atoms with E-state index in [2.05, 4.69) is 17.1 Å². The molecular formula is C14H26N2O2. The predicted octanol–water partition coefficient (Wildman–Crippen LogP) is 1.40. The smallest absolute Gasteiger partial charge is 0.307 e. The summed E-state index contributed by atoms with van der Waals surface area (Å²) in [5.74, 6) is -0.0936. The Kier molecular flexibility index (Phi) is 4.62. The third kappa shape index (κ3) is 3.23. The largest absolute Gasteiger partial charge is 0.469 e. The number of esters is 1. The minimum atomic E-state index is -0.0936. The lowest BCUT2D eigenvalue weighted by Crippen LogP contribution is -2.53. The normalized spacial score (nSPS) is 31.2. The Bertz CT molecular complexity index is 282. The quantitative estimate of drug-likeness (QED) is 0.773. The second-order valence-electron chi connectivity index (χ2n) is 5.98. The van der Waals surface area contributed by atoms with Gasteiger partial charge in [0.1, 0.15) is 0 Å². The van der Waals surface area contributed by atoms with E-state index >= 15 is 0 Å². The molecule has 1 spiro atoms. The van der Waals surface area contributed by atoms with Gasteiger partial charge in [-0.1, -0.05) is 0 Å². The molecule has 2 fully saturated rings.